The molecule has 1 heterocycles. The zero-order valence-electron chi connectivity index (χ0n) is 16.5. The lowest BCUT2D eigenvalue weighted by atomic mass is 10.1. The van der Waals surface area contributed by atoms with E-state index >= 15 is 0 Å². The summed E-state index contributed by atoms with van der Waals surface area (Å²) in [6.45, 7) is 0.797. The first kappa shape index (κ1) is 21.9. The van der Waals surface area contributed by atoms with E-state index in [1.807, 2.05) is 0 Å². The highest BCUT2D eigenvalue weighted by atomic mass is 32.1. The molecule has 3 rings (SSSR count). The van der Waals surface area contributed by atoms with Crippen molar-refractivity contribution in [2.45, 2.75) is 0 Å². The highest BCUT2D eigenvalue weighted by molar-refractivity contribution is 7.07. The molecule has 0 radical (unpaired) electrons. The molecule has 0 spiro atoms. The Hall–Kier alpha value is -3.83. The van der Waals surface area contributed by atoms with Crippen molar-refractivity contribution in [3.63, 3.8) is 0 Å². The molecule has 3 aromatic rings. The van der Waals surface area contributed by atoms with E-state index < -0.39 is 10.8 Å². The van der Waals surface area contributed by atoms with Gasteiger partial charge in [-0.3, -0.25) is 19.9 Å². The highest BCUT2D eigenvalue weighted by Gasteiger charge is 2.14. The smallest absolute Gasteiger partial charge is 0.278 e. The first-order valence-corrected chi connectivity index (χ1v) is 9.91. The largest absolute Gasteiger partial charge is 0.507 e. The van der Waals surface area contributed by atoms with Gasteiger partial charge in [-0.25, -0.2) is 4.68 Å². The number of carbonyl (C=O) groups excluding carboxylic acids is 1. The third kappa shape index (κ3) is 5.02. The summed E-state index contributed by atoms with van der Waals surface area (Å²) >= 11 is 1.30. The zero-order chi connectivity index (χ0) is 22.4. The molecule has 10 nitrogen and oxygen atoms in total. The summed E-state index contributed by atoms with van der Waals surface area (Å²) in [5.41, 5.74) is 6.68. The summed E-state index contributed by atoms with van der Waals surface area (Å²) in [4.78, 5) is 27.4. The lowest BCUT2D eigenvalue weighted by molar-refractivity contribution is -0.385. The number of nitrogens with two attached hydrogens (primary N) is 1. The van der Waals surface area contributed by atoms with Crippen molar-refractivity contribution in [2.24, 2.45) is 15.8 Å². The lowest BCUT2D eigenvalue weighted by Gasteiger charge is -2.07. The molecule has 0 aliphatic carbocycles. The number of nitro benzene ring substituents is 1. The van der Waals surface area contributed by atoms with Crippen LogP contribution in [0.25, 0.3) is 11.3 Å². The van der Waals surface area contributed by atoms with Crippen LogP contribution in [0.1, 0.15) is 15.9 Å². The van der Waals surface area contributed by atoms with Crippen LogP contribution in [0, 0.1) is 10.1 Å². The molecule has 31 heavy (non-hydrogen) atoms. The molecule has 2 aromatic carbocycles. The topological polar surface area (TPSA) is 145 Å². The van der Waals surface area contributed by atoms with Gasteiger partial charge in [-0.1, -0.05) is 12.1 Å². The number of rotatable bonds is 8. The number of carbonyl (C=O) groups is 1. The maximum absolute atomic E-state index is 11.6. The van der Waals surface area contributed by atoms with Crippen LogP contribution in [0.3, 0.4) is 0 Å². The van der Waals surface area contributed by atoms with Gasteiger partial charge in [-0.2, -0.15) is 5.10 Å². The van der Waals surface area contributed by atoms with E-state index in [1.165, 1.54) is 40.4 Å². The normalized spacial score (nSPS) is 11.8. The van der Waals surface area contributed by atoms with Crippen molar-refractivity contribution in [1.82, 2.24) is 4.68 Å². The van der Waals surface area contributed by atoms with Crippen molar-refractivity contribution < 1.29 is 19.6 Å². The Morgan fingerprint density at radius 1 is 1.35 bits per heavy atom. The predicted molar refractivity (Wildman–Crippen MR) is 116 cm³/mol. The molecule has 0 bridgehead atoms. The van der Waals surface area contributed by atoms with E-state index in [2.05, 4.69) is 10.1 Å². The molecule has 3 N–H and O–H groups in total. The van der Waals surface area contributed by atoms with Crippen LogP contribution in [0.5, 0.6) is 5.75 Å². The maximum Gasteiger partial charge on any atom is 0.278 e. The molecule has 0 fully saturated rings. The number of hydrogen-bond donors (Lipinski definition) is 2. The Kier molecular flexibility index (Phi) is 6.90. The number of para-hydroxylation sites is 1. The van der Waals surface area contributed by atoms with Crippen LogP contribution in [0.15, 0.2) is 57.9 Å². The average molecular weight is 441 g/mol. The van der Waals surface area contributed by atoms with Crippen LogP contribution in [0.4, 0.5) is 5.69 Å². The van der Waals surface area contributed by atoms with Crippen molar-refractivity contribution in [3.05, 3.63) is 73.9 Å². The monoisotopic (exact) mass is 441 g/mol. The Labute approximate surface area is 180 Å². The quantitative estimate of drug-likeness (QED) is 0.238. The van der Waals surface area contributed by atoms with Crippen molar-refractivity contribution in [2.75, 3.05) is 20.3 Å². The zero-order valence-corrected chi connectivity index (χ0v) is 17.3. The Bertz CT molecular complexity index is 1210. The SMILES string of the molecule is COCCN=c1scc(-c2ccc(O)c(C(N)=O)c2)n1/N=C/c1ccccc1[N+](=O)[O-]. The number of benzene rings is 2. The van der Waals surface area contributed by atoms with Crippen LogP contribution in [-0.2, 0) is 4.74 Å². The van der Waals surface area contributed by atoms with Gasteiger partial charge < -0.3 is 15.6 Å². The summed E-state index contributed by atoms with van der Waals surface area (Å²) in [5.74, 6) is -0.999. The Balaban J connectivity index is 2.13. The number of amides is 1. The van der Waals surface area contributed by atoms with Crippen molar-refractivity contribution in [1.29, 1.82) is 0 Å². The van der Waals surface area contributed by atoms with Gasteiger partial charge >= 0.3 is 0 Å². The molecule has 0 unspecified atom stereocenters. The number of methoxy groups -OCH3 is 1. The number of primary amides is 1. The minimum atomic E-state index is -0.769. The summed E-state index contributed by atoms with van der Waals surface area (Å²) in [6, 6.07) is 10.7. The van der Waals surface area contributed by atoms with Crippen molar-refractivity contribution in [3.8, 4) is 17.0 Å². The summed E-state index contributed by atoms with van der Waals surface area (Å²) in [7, 11) is 1.57. The summed E-state index contributed by atoms with van der Waals surface area (Å²) in [5, 5.41) is 27.4. The standard InChI is InChI=1S/C20H19N5O5S/c1-30-9-8-22-20-24(23-11-14-4-2-3-5-16(14)25(28)29)17(12-31-20)13-6-7-18(26)15(10-13)19(21)27/h2-7,10-12,26H,8-9H2,1H3,(H2,21,27)/b22-20?,23-11+. The fourth-order valence-electron chi connectivity index (χ4n) is 2.73. The van der Waals surface area contributed by atoms with E-state index in [4.69, 9.17) is 10.5 Å². The third-order valence-corrected chi connectivity index (χ3v) is 5.09. The number of aromatic hydroxyl groups is 1. The van der Waals surface area contributed by atoms with Crippen molar-refractivity contribution >= 4 is 29.1 Å². The number of aromatic nitrogens is 1. The van der Waals surface area contributed by atoms with Gasteiger partial charge in [0.1, 0.15) is 5.75 Å². The van der Waals surface area contributed by atoms with Crippen LogP contribution in [0.2, 0.25) is 0 Å². The van der Waals surface area contributed by atoms with Gasteiger partial charge in [-0.15, -0.1) is 11.3 Å². The minimum Gasteiger partial charge on any atom is -0.507 e. The average Bonchev–Trinajstić information content (AvgIpc) is 3.15. The molecular formula is C20H19N5O5S. The van der Waals surface area contributed by atoms with E-state index in [0.29, 0.717) is 34.8 Å². The molecule has 0 aliphatic heterocycles. The fourth-order valence-corrected chi connectivity index (χ4v) is 3.59. The second kappa shape index (κ2) is 9.78. The molecule has 0 aliphatic rings. The summed E-state index contributed by atoms with van der Waals surface area (Å²) < 4.78 is 6.54. The molecule has 0 saturated heterocycles. The van der Waals surface area contributed by atoms with Crippen LogP contribution in [-0.4, -0.2) is 47.1 Å². The first-order valence-electron chi connectivity index (χ1n) is 9.03. The minimum absolute atomic E-state index is 0.0317. The first-order chi connectivity index (χ1) is 14.9. The molecule has 0 atom stereocenters. The van der Waals surface area contributed by atoms with E-state index in [9.17, 15) is 20.0 Å². The number of hydrogen-bond acceptors (Lipinski definition) is 8. The van der Waals surface area contributed by atoms with Crippen LogP contribution >= 0.6 is 11.3 Å². The van der Waals surface area contributed by atoms with E-state index in [1.54, 1.807) is 36.8 Å². The molecule has 1 aromatic heterocycles. The number of ether oxygens (including phenoxy) is 1. The number of phenols is 1. The third-order valence-electron chi connectivity index (χ3n) is 4.23. The molecular weight excluding hydrogens is 422 g/mol. The van der Waals surface area contributed by atoms with Gasteiger partial charge in [0.25, 0.3) is 11.6 Å². The second-order valence-electron chi connectivity index (χ2n) is 6.25. The second-order valence-corrected chi connectivity index (χ2v) is 7.08. The van der Waals surface area contributed by atoms with E-state index in [0.717, 1.165) is 0 Å². The highest BCUT2D eigenvalue weighted by Crippen LogP contribution is 2.26. The van der Waals surface area contributed by atoms with Gasteiger partial charge in [-0.05, 0) is 24.3 Å². The Morgan fingerprint density at radius 2 is 2.13 bits per heavy atom. The fraction of sp³-hybridized carbons (Fsp3) is 0.150. The molecule has 160 valence electrons. The Morgan fingerprint density at radius 3 is 2.84 bits per heavy atom. The van der Waals surface area contributed by atoms with Crippen LogP contribution < -0.4 is 10.5 Å². The number of nitrogens with zero attached hydrogens (tertiary/aromatic N) is 4. The predicted octanol–water partition coefficient (Wildman–Crippen LogP) is 2.36. The van der Waals surface area contributed by atoms with Gasteiger partial charge in [0, 0.05) is 24.1 Å². The lowest BCUT2D eigenvalue weighted by Crippen LogP contribution is -2.14. The number of thiazole rings is 1. The van der Waals surface area contributed by atoms with Gasteiger partial charge in [0.2, 0.25) is 4.80 Å². The van der Waals surface area contributed by atoms with Gasteiger partial charge in [0.15, 0.2) is 0 Å². The molecule has 1 amide bonds. The molecule has 0 saturated carbocycles. The molecule has 11 heteroatoms. The van der Waals surface area contributed by atoms with E-state index in [-0.39, 0.29) is 17.0 Å². The summed E-state index contributed by atoms with van der Waals surface area (Å²) in [6.07, 6.45) is 1.37. The number of nitro groups is 1. The maximum atomic E-state index is 11.6. The van der Waals surface area contributed by atoms with Gasteiger partial charge in [0.05, 0.1) is 41.1 Å².